The Hall–Kier alpha value is -1.94. The van der Waals surface area contributed by atoms with Crippen LogP contribution in [0, 0.1) is 5.82 Å². The molecule has 0 bridgehead atoms. The standard InChI is InChI=1S/C17H15BrFNO/c1-12(14-5-9-16(19)10-6-14)20-17(21)11-4-13-2-7-15(18)8-3-13/h2-12H,1H3,(H,20,21)/b11-4+/t12-/m0/s1. The highest BCUT2D eigenvalue weighted by Gasteiger charge is 2.07. The van der Waals surface area contributed by atoms with Crippen LogP contribution >= 0.6 is 15.9 Å². The van der Waals surface area contributed by atoms with Crippen LogP contribution in [0.4, 0.5) is 4.39 Å². The molecule has 0 radical (unpaired) electrons. The molecule has 1 atom stereocenters. The molecule has 0 unspecified atom stereocenters. The molecule has 21 heavy (non-hydrogen) atoms. The number of halogens is 2. The SMILES string of the molecule is C[C@H](NC(=O)/C=C/c1ccc(Br)cc1)c1ccc(F)cc1. The fourth-order valence-electron chi connectivity index (χ4n) is 1.84. The smallest absolute Gasteiger partial charge is 0.244 e. The summed E-state index contributed by atoms with van der Waals surface area (Å²) in [4.78, 5) is 11.9. The van der Waals surface area contributed by atoms with Crippen molar-refractivity contribution in [3.63, 3.8) is 0 Å². The summed E-state index contributed by atoms with van der Waals surface area (Å²) in [6.07, 6.45) is 3.24. The second-order valence-corrected chi connectivity index (χ2v) is 5.58. The Kier molecular flexibility index (Phi) is 5.28. The molecule has 2 nitrogen and oxygen atoms in total. The first kappa shape index (κ1) is 15.4. The first-order chi connectivity index (χ1) is 10.0. The zero-order chi connectivity index (χ0) is 15.2. The molecule has 0 aliphatic rings. The largest absolute Gasteiger partial charge is 0.346 e. The highest BCUT2D eigenvalue weighted by atomic mass is 79.9. The normalized spacial score (nSPS) is 12.3. The van der Waals surface area contributed by atoms with Crippen molar-refractivity contribution >= 4 is 27.9 Å². The van der Waals surface area contributed by atoms with Crippen LogP contribution in [-0.2, 0) is 4.79 Å². The van der Waals surface area contributed by atoms with Crippen LogP contribution in [-0.4, -0.2) is 5.91 Å². The number of amides is 1. The molecular formula is C17H15BrFNO. The minimum atomic E-state index is -0.285. The van der Waals surface area contributed by atoms with Gasteiger partial charge in [-0.15, -0.1) is 0 Å². The number of hydrogen-bond donors (Lipinski definition) is 1. The fourth-order valence-corrected chi connectivity index (χ4v) is 2.11. The van der Waals surface area contributed by atoms with Gasteiger partial charge in [0.25, 0.3) is 0 Å². The molecule has 0 aliphatic heterocycles. The molecule has 4 heteroatoms. The average molecular weight is 348 g/mol. The minimum Gasteiger partial charge on any atom is -0.346 e. The molecule has 0 spiro atoms. The maximum absolute atomic E-state index is 12.8. The number of nitrogens with one attached hydrogen (secondary N) is 1. The van der Waals surface area contributed by atoms with E-state index in [-0.39, 0.29) is 17.8 Å². The quantitative estimate of drug-likeness (QED) is 0.811. The van der Waals surface area contributed by atoms with E-state index < -0.39 is 0 Å². The Morgan fingerprint density at radius 3 is 2.38 bits per heavy atom. The molecule has 2 aromatic carbocycles. The van der Waals surface area contributed by atoms with Crippen LogP contribution in [0.1, 0.15) is 24.1 Å². The molecule has 0 saturated carbocycles. The van der Waals surface area contributed by atoms with Crippen LogP contribution in [0.25, 0.3) is 6.08 Å². The number of carbonyl (C=O) groups is 1. The van der Waals surface area contributed by atoms with Crippen molar-refractivity contribution in [3.8, 4) is 0 Å². The Balaban J connectivity index is 1.94. The van der Waals surface area contributed by atoms with Gasteiger partial charge in [0.1, 0.15) is 5.82 Å². The Labute approximate surface area is 131 Å². The van der Waals surface area contributed by atoms with Crippen molar-refractivity contribution in [3.05, 3.63) is 76.0 Å². The van der Waals surface area contributed by atoms with Crippen LogP contribution < -0.4 is 5.32 Å². The van der Waals surface area contributed by atoms with Crippen molar-refractivity contribution in [1.82, 2.24) is 5.32 Å². The third-order valence-electron chi connectivity index (χ3n) is 3.03. The van der Waals surface area contributed by atoms with E-state index in [2.05, 4.69) is 21.2 Å². The Morgan fingerprint density at radius 1 is 1.14 bits per heavy atom. The molecule has 0 aromatic heterocycles. The second-order valence-electron chi connectivity index (χ2n) is 4.67. The first-order valence-electron chi connectivity index (χ1n) is 6.54. The average Bonchev–Trinajstić information content (AvgIpc) is 2.47. The Morgan fingerprint density at radius 2 is 1.76 bits per heavy atom. The monoisotopic (exact) mass is 347 g/mol. The molecule has 1 amide bonds. The molecule has 0 heterocycles. The highest BCUT2D eigenvalue weighted by Crippen LogP contribution is 2.13. The number of benzene rings is 2. The number of hydrogen-bond acceptors (Lipinski definition) is 1. The zero-order valence-electron chi connectivity index (χ0n) is 11.5. The molecular weight excluding hydrogens is 333 g/mol. The van der Waals surface area contributed by atoms with Crippen molar-refractivity contribution < 1.29 is 9.18 Å². The lowest BCUT2D eigenvalue weighted by atomic mass is 10.1. The van der Waals surface area contributed by atoms with Crippen LogP contribution in [0.15, 0.2) is 59.1 Å². The highest BCUT2D eigenvalue weighted by molar-refractivity contribution is 9.10. The zero-order valence-corrected chi connectivity index (χ0v) is 13.1. The molecule has 2 rings (SSSR count). The van der Waals surface area contributed by atoms with Crippen LogP contribution in [0.5, 0.6) is 0 Å². The molecule has 0 aliphatic carbocycles. The predicted molar refractivity (Wildman–Crippen MR) is 86.1 cm³/mol. The van der Waals surface area contributed by atoms with E-state index >= 15 is 0 Å². The maximum atomic E-state index is 12.8. The molecule has 0 saturated heterocycles. The van der Waals surface area contributed by atoms with Gasteiger partial charge in [-0.2, -0.15) is 0 Å². The van der Waals surface area contributed by atoms with E-state index in [1.54, 1.807) is 18.2 Å². The summed E-state index contributed by atoms with van der Waals surface area (Å²) in [5, 5.41) is 2.84. The van der Waals surface area contributed by atoms with E-state index in [9.17, 15) is 9.18 Å². The summed E-state index contributed by atoms with van der Waals surface area (Å²) < 4.78 is 13.8. The van der Waals surface area contributed by atoms with Crippen molar-refractivity contribution in [2.24, 2.45) is 0 Å². The lowest BCUT2D eigenvalue weighted by Crippen LogP contribution is -2.24. The third kappa shape index (κ3) is 4.83. The van der Waals surface area contributed by atoms with Gasteiger partial charge in [-0.25, -0.2) is 4.39 Å². The minimum absolute atomic E-state index is 0.173. The summed E-state index contributed by atoms with van der Waals surface area (Å²) in [6, 6.07) is 13.6. The van der Waals surface area contributed by atoms with Gasteiger partial charge in [-0.05, 0) is 48.4 Å². The number of rotatable bonds is 4. The lowest BCUT2D eigenvalue weighted by molar-refractivity contribution is -0.117. The van der Waals surface area contributed by atoms with Crippen LogP contribution in [0.2, 0.25) is 0 Å². The van der Waals surface area contributed by atoms with Gasteiger partial charge in [-0.1, -0.05) is 40.2 Å². The predicted octanol–water partition coefficient (Wildman–Crippen LogP) is 4.48. The summed E-state index contributed by atoms with van der Waals surface area (Å²) in [5.41, 5.74) is 1.81. The summed E-state index contributed by atoms with van der Waals surface area (Å²) in [7, 11) is 0. The molecule has 108 valence electrons. The summed E-state index contributed by atoms with van der Waals surface area (Å²) in [5.74, 6) is -0.470. The van der Waals surface area contributed by atoms with Crippen molar-refractivity contribution in [1.29, 1.82) is 0 Å². The van der Waals surface area contributed by atoms with Gasteiger partial charge in [0.15, 0.2) is 0 Å². The van der Waals surface area contributed by atoms with Gasteiger partial charge in [-0.3, -0.25) is 4.79 Å². The van der Waals surface area contributed by atoms with Crippen molar-refractivity contribution in [2.45, 2.75) is 13.0 Å². The van der Waals surface area contributed by atoms with Gasteiger partial charge in [0.05, 0.1) is 6.04 Å². The van der Waals surface area contributed by atoms with E-state index in [0.717, 1.165) is 15.6 Å². The van der Waals surface area contributed by atoms with Gasteiger partial charge >= 0.3 is 0 Å². The first-order valence-corrected chi connectivity index (χ1v) is 7.33. The van der Waals surface area contributed by atoms with Gasteiger partial charge in [0.2, 0.25) is 5.91 Å². The molecule has 2 aromatic rings. The second kappa shape index (κ2) is 7.18. The molecule has 1 N–H and O–H groups in total. The van der Waals surface area contributed by atoms with Gasteiger partial charge in [0, 0.05) is 10.5 Å². The fraction of sp³-hybridized carbons (Fsp3) is 0.118. The van der Waals surface area contributed by atoms with E-state index in [1.165, 1.54) is 18.2 Å². The van der Waals surface area contributed by atoms with E-state index in [0.29, 0.717) is 0 Å². The maximum Gasteiger partial charge on any atom is 0.244 e. The van der Waals surface area contributed by atoms with E-state index in [1.807, 2.05) is 31.2 Å². The summed E-state index contributed by atoms with van der Waals surface area (Å²) in [6.45, 7) is 1.86. The van der Waals surface area contributed by atoms with E-state index in [4.69, 9.17) is 0 Å². The van der Waals surface area contributed by atoms with Crippen molar-refractivity contribution in [2.75, 3.05) is 0 Å². The molecule has 0 fully saturated rings. The Bertz CT molecular complexity index is 635. The third-order valence-corrected chi connectivity index (χ3v) is 3.55. The van der Waals surface area contributed by atoms with Gasteiger partial charge < -0.3 is 5.32 Å². The lowest BCUT2D eigenvalue weighted by Gasteiger charge is -2.12. The van der Waals surface area contributed by atoms with Crippen LogP contribution in [0.3, 0.4) is 0 Å². The topological polar surface area (TPSA) is 29.1 Å². The summed E-state index contributed by atoms with van der Waals surface area (Å²) >= 11 is 3.36. The number of carbonyl (C=O) groups excluding carboxylic acids is 1.